The van der Waals surface area contributed by atoms with E-state index in [4.69, 9.17) is 5.73 Å². The van der Waals surface area contributed by atoms with Gasteiger partial charge in [-0.05, 0) is 30.5 Å². The van der Waals surface area contributed by atoms with Gasteiger partial charge >= 0.3 is 0 Å². The van der Waals surface area contributed by atoms with Crippen molar-refractivity contribution in [3.05, 3.63) is 77.4 Å². The fraction of sp³-hybridized carbons (Fsp3) is 0.176. The molecule has 2 rings (SSSR count). The molecule has 0 fully saturated rings. The monoisotopic (exact) mass is 237 g/mol. The Morgan fingerprint density at radius 3 is 2.22 bits per heavy atom. The molecule has 0 bridgehead atoms. The molecule has 1 atom stereocenters. The summed E-state index contributed by atoms with van der Waals surface area (Å²) in [4.78, 5) is 0. The summed E-state index contributed by atoms with van der Waals surface area (Å²) < 4.78 is 0. The molecule has 0 aromatic heterocycles. The van der Waals surface area contributed by atoms with E-state index in [0.29, 0.717) is 0 Å². The van der Waals surface area contributed by atoms with Crippen LogP contribution in [-0.4, -0.2) is 0 Å². The summed E-state index contributed by atoms with van der Waals surface area (Å²) in [6.07, 6.45) is 2.11. The third-order valence-electron chi connectivity index (χ3n) is 3.12. The quantitative estimate of drug-likeness (QED) is 0.854. The van der Waals surface area contributed by atoms with Gasteiger partial charge in [-0.25, -0.2) is 0 Å². The second-order valence-electron chi connectivity index (χ2n) is 4.65. The summed E-state index contributed by atoms with van der Waals surface area (Å²) in [6, 6.07) is 18.7. The van der Waals surface area contributed by atoms with Gasteiger partial charge in [-0.1, -0.05) is 66.2 Å². The maximum atomic E-state index is 6.21. The molecule has 0 aliphatic heterocycles. The topological polar surface area (TPSA) is 26.0 Å². The van der Waals surface area contributed by atoms with Crippen molar-refractivity contribution in [2.45, 2.75) is 19.9 Å². The number of hydrogen-bond donors (Lipinski definition) is 1. The van der Waals surface area contributed by atoms with Crippen LogP contribution in [0, 0.1) is 6.92 Å². The van der Waals surface area contributed by atoms with Gasteiger partial charge in [-0.2, -0.15) is 0 Å². The van der Waals surface area contributed by atoms with Crippen LogP contribution < -0.4 is 5.73 Å². The van der Waals surface area contributed by atoms with Crippen LogP contribution in [0.3, 0.4) is 0 Å². The van der Waals surface area contributed by atoms with Crippen molar-refractivity contribution in [2.24, 2.45) is 5.73 Å². The Labute approximate surface area is 109 Å². The van der Waals surface area contributed by atoms with Crippen LogP contribution in [0.5, 0.6) is 0 Å². The van der Waals surface area contributed by atoms with Crippen LogP contribution in [0.2, 0.25) is 0 Å². The van der Waals surface area contributed by atoms with Gasteiger partial charge in [0.1, 0.15) is 0 Å². The largest absolute Gasteiger partial charge is 0.321 e. The molecule has 1 heteroatoms. The Kier molecular flexibility index (Phi) is 3.96. The van der Waals surface area contributed by atoms with E-state index in [2.05, 4.69) is 56.3 Å². The molecule has 0 saturated heterocycles. The Bertz CT molecular complexity index is 523. The fourth-order valence-corrected chi connectivity index (χ4v) is 1.95. The number of aryl methyl sites for hydroxylation is 1. The van der Waals surface area contributed by atoms with E-state index in [-0.39, 0.29) is 6.04 Å². The van der Waals surface area contributed by atoms with E-state index >= 15 is 0 Å². The van der Waals surface area contributed by atoms with Gasteiger partial charge < -0.3 is 5.73 Å². The van der Waals surface area contributed by atoms with Crippen molar-refractivity contribution in [1.82, 2.24) is 0 Å². The molecule has 0 amide bonds. The number of rotatable bonds is 3. The van der Waals surface area contributed by atoms with E-state index in [9.17, 15) is 0 Å². The first-order chi connectivity index (χ1) is 8.66. The molecule has 0 spiro atoms. The van der Waals surface area contributed by atoms with E-state index in [1.165, 1.54) is 16.7 Å². The van der Waals surface area contributed by atoms with Gasteiger partial charge in [0.15, 0.2) is 0 Å². The second kappa shape index (κ2) is 5.65. The molecule has 0 saturated carbocycles. The van der Waals surface area contributed by atoms with Gasteiger partial charge in [0.25, 0.3) is 0 Å². The van der Waals surface area contributed by atoms with Gasteiger partial charge in [-0.15, -0.1) is 0 Å². The maximum Gasteiger partial charge on any atom is 0.0486 e. The Hall–Kier alpha value is -1.86. The maximum absolute atomic E-state index is 6.21. The zero-order chi connectivity index (χ0) is 13.0. The van der Waals surface area contributed by atoms with E-state index in [1.54, 1.807) is 0 Å². The standard InChI is InChI=1S/C17H19N/c1-13-8-10-16(11-9-13)17(18)12-14(2)15-6-4-3-5-7-15/h3-12,17H,18H2,1-2H3. The zero-order valence-corrected chi connectivity index (χ0v) is 10.9. The van der Waals surface area contributed by atoms with Gasteiger partial charge in [0, 0.05) is 6.04 Å². The summed E-state index contributed by atoms with van der Waals surface area (Å²) in [6.45, 7) is 4.18. The first-order valence-corrected chi connectivity index (χ1v) is 6.23. The Morgan fingerprint density at radius 1 is 1.00 bits per heavy atom. The molecular formula is C17H19N. The zero-order valence-electron chi connectivity index (χ0n) is 10.9. The van der Waals surface area contributed by atoms with Crippen LogP contribution in [0.25, 0.3) is 5.57 Å². The van der Waals surface area contributed by atoms with Crippen LogP contribution in [0.15, 0.2) is 60.7 Å². The number of allylic oxidation sites excluding steroid dienone is 1. The molecule has 1 unspecified atom stereocenters. The third-order valence-corrected chi connectivity index (χ3v) is 3.12. The van der Waals surface area contributed by atoms with E-state index < -0.39 is 0 Å². The smallest absolute Gasteiger partial charge is 0.0486 e. The summed E-state index contributed by atoms with van der Waals surface area (Å²) in [5.41, 5.74) is 11.0. The first-order valence-electron chi connectivity index (χ1n) is 6.23. The van der Waals surface area contributed by atoms with Crippen LogP contribution >= 0.6 is 0 Å². The number of hydrogen-bond acceptors (Lipinski definition) is 1. The Balaban J connectivity index is 2.20. The molecule has 1 nitrogen and oxygen atoms in total. The predicted octanol–water partition coefficient (Wildman–Crippen LogP) is 4.10. The minimum atomic E-state index is -0.0502. The van der Waals surface area contributed by atoms with Crippen LogP contribution in [0.1, 0.15) is 29.7 Å². The third kappa shape index (κ3) is 3.08. The lowest BCUT2D eigenvalue weighted by atomic mass is 10.0. The fourth-order valence-electron chi connectivity index (χ4n) is 1.95. The van der Waals surface area contributed by atoms with Crippen molar-refractivity contribution in [3.63, 3.8) is 0 Å². The van der Waals surface area contributed by atoms with Gasteiger partial charge in [0.05, 0.1) is 0 Å². The lowest BCUT2D eigenvalue weighted by molar-refractivity contribution is 0.911. The molecule has 2 aromatic rings. The lowest BCUT2D eigenvalue weighted by Gasteiger charge is -2.10. The average Bonchev–Trinajstić information content (AvgIpc) is 2.40. The highest BCUT2D eigenvalue weighted by Crippen LogP contribution is 2.19. The molecule has 18 heavy (non-hydrogen) atoms. The second-order valence-corrected chi connectivity index (χ2v) is 4.65. The minimum absolute atomic E-state index is 0.0502. The average molecular weight is 237 g/mol. The van der Waals surface area contributed by atoms with Crippen molar-refractivity contribution in [2.75, 3.05) is 0 Å². The molecular weight excluding hydrogens is 218 g/mol. The number of nitrogens with two attached hydrogens (primary N) is 1. The highest BCUT2D eigenvalue weighted by atomic mass is 14.6. The normalized spacial score (nSPS) is 13.4. The van der Waals surface area contributed by atoms with Gasteiger partial charge in [-0.3, -0.25) is 0 Å². The highest BCUT2D eigenvalue weighted by Gasteiger charge is 2.03. The molecule has 0 aliphatic carbocycles. The summed E-state index contributed by atoms with van der Waals surface area (Å²) in [5, 5.41) is 0. The van der Waals surface area contributed by atoms with Crippen LogP contribution in [0.4, 0.5) is 0 Å². The van der Waals surface area contributed by atoms with E-state index in [0.717, 1.165) is 5.56 Å². The van der Waals surface area contributed by atoms with E-state index in [1.807, 2.05) is 18.2 Å². The van der Waals surface area contributed by atoms with Crippen molar-refractivity contribution in [1.29, 1.82) is 0 Å². The molecule has 0 aliphatic rings. The Morgan fingerprint density at radius 2 is 1.61 bits per heavy atom. The number of benzene rings is 2. The lowest BCUT2D eigenvalue weighted by Crippen LogP contribution is -2.07. The van der Waals surface area contributed by atoms with Crippen molar-refractivity contribution in [3.8, 4) is 0 Å². The summed E-state index contributed by atoms with van der Waals surface area (Å²) in [7, 11) is 0. The van der Waals surface area contributed by atoms with Crippen molar-refractivity contribution >= 4 is 5.57 Å². The molecule has 2 aromatic carbocycles. The highest BCUT2D eigenvalue weighted by molar-refractivity contribution is 5.64. The minimum Gasteiger partial charge on any atom is -0.321 e. The SMILES string of the molecule is CC(=CC(N)c1ccc(C)cc1)c1ccccc1. The molecule has 0 heterocycles. The van der Waals surface area contributed by atoms with Crippen molar-refractivity contribution < 1.29 is 0 Å². The molecule has 92 valence electrons. The summed E-state index contributed by atoms with van der Waals surface area (Å²) >= 11 is 0. The predicted molar refractivity (Wildman–Crippen MR) is 78.2 cm³/mol. The van der Waals surface area contributed by atoms with Gasteiger partial charge in [0.2, 0.25) is 0 Å². The molecule has 2 N–H and O–H groups in total. The van der Waals surface area contributed by atoms with Crippen LogP contribution in [-0.2, 0) is 0 Å². The molecule has 0 radical (unpaired) electrons. The first kappa shape index (κ1) is 12.6. The summed E-state index contributed by atoms with van der Waals surface area (Å²) in [5.74, 6) is 0.